The van der Waals surface area contributed by atoms with Crippen molar-refractivity contribution in [2.75, 3.05) is 19.7 Å². The molecule has 202 valence electrons. The molecule has 0 aliphatic carbocycles. The number of likely N-dealkylation sites (tertiary alicyclic amines) is 1. The summed E-state index contributed by atoms with van der Waals surface area (Å²) in [6.45, 7) is 10.4. The summed E-state index contributed by atoms with van der Waals surface area (Å²) >= 11 is 0. The van der Waals surface area contributed by atoms with Gasteiger partial charge in [-0.15, -0.1) is 0 Å². The minimum atomic E-state index is -0.624. The van der Waals surface area contributed by atoms with E-state index >= 15 is 0 Å². The normalized spacial score (nSPS) is 17.5. The average molecular weight is 523 g/mol. The van der Waals surface area contributed by atoms with E-state index in [1.807, 2.05) is 34.6 Å². The summed E-state index contributed by atoms with van der Waals surface area (Å²) in [5.41, 5.74) is 5.94. The van der Waals surface area contributed by atoms with Crippen molar-refractivity contribution in [3.63, 3.8) is 0 Å². The second kappa shape index (κ2) is 10.8. The monoisotopic (exact) mass is 522 g/mol. The second-order valence-electron chi connectivity index (χ2n) is 10.9. The second-order valence-corrected chi connectivity index (χ2v) is 10.9. The zero-order chi connectivity index (χ0) is 27.6. The Bertz CT molecular complexity index is 1310. The summed E-state index contributed by atoms with van der Waals surface area (Å²) in [5, 5.41) is 4.14. The van der Waals surface area contributed by atoms with E-state index in [1.54, 1.807) is 23.2 Å². The molecule has 2 aliphatic rings. The van der Waals surface area contributed by atoms with Gasteiger partial charge in [0.15, 0.2) is 0 Å². The van der Waals surface area contributed by atoms with E-state index < -0.39 is 11.5 Å². The number of hydrogen-bond acceptors (Lipinski definition) is 7. The predicted molar refractivity (Wildman–Crippen MR) is 141 cm³/mol. The first kappa shape index (κ1) is 27.0. The number of carbonyl (C=O) groups is 3. The zero-order valence-corrected chi connectivity index (χ0v) is 22.4. The maximum absolute atomic E-state index is 12.3. The van der Waals surface area contributed by atoms with Gasteiger partial charge in [-0.3, -0.25) is 9.59 Å². The summed E-state index contributed by atoms with van der Waals surface area (Å²) in [6.07, 6.45) is 2.21. The highest BCUT2D eigenvalue weighted by Crippen LogP contribution is 2.34. The molecule has 10 nitrogen and oxygen atoms in total. The number of nitrogens with one attached hydrogen (secondary N) is 1. The first-order valence-electron chi connectivity index (χ1n) is 12.7. The van der Waals surface area contributed by atoms with Crippen LogP contribution in [0.15, 0.2) is 18.3 Å². The van der Waals surface area contributed by atoms with Crippen LogP contribution >= 0.6 is 0 Å². The van der Waals surface area contributed by atoms with E-state index in [4.69, 9.17) is 19.9 Å². The van der Waals surface area contributed by atoms with Gasteiger partial charge in [0.05, 0.1) is 29.2 Å². The molecule has 0 saturated carbocycles. The number of rotatable bonds is 6. The van der Waals surface area contributed by atoms with Gasteiger partial charge in [-0.25, -0.2) is 9.78 Å². The van der Waals surface area contributed by atoms with Crippen molar-refractivity contribution in [3.8, 4) is 23.5 Å². The molecule has 0 bridgehead atoms. The van der Waals surface area contributed by atoms with Crippen LogP contribution in [0.1, 0.15) is 63.4 Å². The quantitative estimate of drug-likeness (QED) is 0.557. The summed E-state index contributed by atoms with van der Waals surface area (Å²) in [4.78, 5) is 42.1. The molecule has 38 heavy (non-hydrogen) atoms. The first-order valence-corrected chi connectivity index (χ1v) is 12.7. The molecule has 1 unspecified atom stereocenters. The lowest BCUT2D eigenvalue weighted by atomic mass is 9.99. The molecular weight excluding hydrogens is 488 g/mol. The van der Waals surface area contributed by atoms with Crippen LogP contribution in [0.4, 0.5) is 4.79 Å². The Labute approximate surface area is 222 Å². The highest BCUT2D eigenvalue weighted by Gasteiger charge is 2.32. The Morgan fingerprint density at radius 1 is 1.24 bits per heavy atom. The minimum absolute atomic E-state index is 0.00184. The SMILES string of the molecule is CC(C)Oc1cc2c(OCC3CCC(=O)N3)ncc(C#CC3CN(C(=O)OC(C)(C)C)C3)c2cc1C(N)=O. The molecule has 2 aromatic rings. The van der Waals surface area contributed by atoms with Gasteiger partial charge in [0, 0.05) is 36.5 Å². The van der Waals surface area contributed by atoms with Crippen LogP contribution in [-0.2, 0) is 9.53 Å². The van der Waals surface area contributed by atoms with Crippen molar-refractivity contribution in [3.05, 3.63) is 29.5 Å². The molecule has 1 aromatic heterocycles. The number of hydrogen-bond donors (Lipinski definition) is 2. The van der Waals surface area contributed by atoms with Crippen LogP contribution in [0.5, 0.6) is 11.6 Å². The van der Waals surface area contributed by atoms with E-state index in [1.165, 1.54) is 0 Å². The predicted octanol–water partition coefficient (Wildman–Crippen LogP) is 3.00. The Hall–Kier alpha value is -4.00. The number of carbonyl (C=O) groups excluding carboxylic acids is 3. The molecule has 2 fully saturated rings. The fourth-order valence-corrected chi connectivity index (χ4v) is 4.21. The number of primary amides is 1. The van der Waals surface area contributed by atoms with Crippen molar-refractivity contribution < 1.29 is 28.6 Å². The molecule has 10 heteroatoms. The Morgan fingerprint density at radius 3 is 2.58 bits per heavy atom. The van der Waals surface area contributed by atoms with Crippen LogP contribution in [-0.4, -0.2) is 65.2 Å². The average Bonchev–Trinajstić information content (AvgIpc) is 3.20. The lowest BCUT2D eigenvalue weighted by Crippen LogP contribution is -2.51. The summed E-state index contributed by atoms with van der Waals surface area (Å²) in [7, 11) is 0. The van der Waals surface area contributed by atoms with E-state index in [2.05, 4.69) is 22.1 Å². The van der Waals surface area contributed by atoms with Crippen LogP contribution in [0, 0.1) is 17.8 Å². The van der Waals surface area contributed by atoms with Gasteiger partial charge in [0.25, 0.3) is 5.91 Å². The van der Waals surface area contributed by atoms with Gasteiger partial charge in [0.1, 0.15) is 18.0 Å². The number of fused-ring (bicyclic) bond motifs is 1. The molecule has 0 radical (unpaired) electrons. The van der Waals surface area contributed by atoms with Gasteiger partial charge in [-0.1, -0.05) is 11.8 Å². The molecule has 2 aliphatic heterocycles. The maximum Gasteiger partial charge on any atom is 0.410 e. The van der Waals surface area contributed by atoms with Crippen LogP contribution in [0.3, 0.4) is 0 Å². The van der Waals surface area contributed by atoms with E-state index in [-0.39, 0.29) is 42.2 Å². The maximum atomic E-state index is 12.3. The molecule has 1 aromatic carbocycles. The molecule has 0 spiro atoms. The number of amides is 3. The number of pyridine rings is 1. The van der Waals surface area contributed by atoms with Gasteiger partial charge in [0.2, 0.25) is 11.8 Å². The zero-order valence-electron chi connectivity index (χ0n) is 22.4. The standard InChI is InChI=1S/C28H34N4O6/c1-16(2)37-23-11-21-20(10-22(23)25(29)34)18(12-30-26(21)36-15-19-8-9-24(33)31-19)7-6-17-13-32(14-17)27(35)38-28(3,4)5/h10-12,16-17,19H,8-9,13-15H2,1-5H3,(H2,29,34)(H,31,33). The van der Waals surface area contributed by atoms with Crippen LogP contribution < -0.4 is 20.5 Å². The number of aromatic nitrogens is 1. The van der Waals surface area contributed by atoms with Crippen molar-refractivity contribution >= 4 is 28.7 Å². The lowest BCUT2D eigenvalue weighted by molar-refractivity contribution is -0.119. The number of ether oxygens (including phenoxy) is 3. The van der Waals surface area contributed by atoms with E-state index in [9.17, 15) is 14.4 Å². The largest absolute Gasteiger partial charge is 0.490 e. The topological polar surface area (TPSA) is 133 Å². The van der Waals surface area contributed by atoms with Gasteiger partial charge in [-0.2, -0.15) is 0 Å². The summed E-state index contributed by atoms with van der Waals surface area (Å²) in [6, 6.07) is 3.25. The highest BCUT2D eigenvalue weighted by atomic mass is 16.6. The fourth-order valence-electron chi connectivity index (χ4n) is 4.21. The first-order chi connectivity index (χ1) is 17.9. The molecule has 3 heterocycles. The van der Waals surface area contributed by atoms with E-state index in [0.717, 1.165) is 0 Å². The number of nitrogens with zero attached hydrogens (tertiary/aromatic N) is 2. The fraction of sp³-hybridized carbons (Fsp3) is 0.500. The molecule has 3 N–H and O–H groups in total. The third-order valence-electron chi connectivity index (χ3n) is 6.03. The number of nitrogens with two attached hydrogens (primary N) is 1. The van der Waals surface area contributed by atoms with Crippen molar-refractivity contribution in [1.82, 2.24) is 15.2 Å². The summed E-state index contributed by atoms with van der Waals surface area (Å²) in [5.74, 6) is 6.39. The Morgan fingerprint density at radius 2 is 1.97 bits per heavy atom. The molecule has 1 atom stereocenters. The smallest absolute Gasteiger partial charge is 0.410 e. The van der Waals surface area contributed by atoms with Crippen molar-refractivity contribution in [2.24, 2.45) is 11.7 Å². The van der Waals surface area contributed by atoms with Crippen molar-refractivity contribution in [2.45, 2.75) is 65.2 Å². The van der Waals surface area contributed by atoms with Gasteiger partial charge >= 0.3 is 6.09 Å². The van der Waals surface area contributed by atoms with Gasteiger partial charge < -0.3 is 30.2 Å². The Kier molecular flexibility index (Phi) is 7.67. The molecule has 2 saturated heterocycles. The molecular formula is C28H34N4O6. The lowest BCUT2D eigenvalue weighted by Gasteiger charge is -2.37. The number of benzene rings is 1. The minimum Gasteiger partial charge on any atom is -0.490 e. The van der Waals surface area contributed by atoms with Crippen LogP contribution in [0.25, 0.3) is 10.8 Å². The van der Waals surface area contributed by atoms with Crippen molar-refractivity contribution in [1.29, 1.82) is 0 Å². The third kappa shape index (κ3) is 6.46. The van der Waals surface area contributed by atoms with Gasteiger partial charge in [-0.05, 0) is 53.2 Å². The van der Waals surface area contributed by atoms with E-state index in [0.29, 0.717) is 53.9 Å². The highest BCUT2D eigenvalue weighted by molar-refractivity contribution is 6.03. The summed E-state index contributed by atoms with van der Waals surface area (Å²) < 4.78 is 17.3. The Balaban J connectivity index is 1.62. The van der Waals surface area contributed by atoms with Crippen LogP contribution in [0.2, 0.25) is 0 Å². The molecule has 4 rings (SSSR count). The third-order valence-corrected chi connectivity index (χ3v) is 6.03. The molecule has 3 amide bonds.